The molecule has 0 radical (unpaired) electrons. The van der Waals surface area contributed by atoms with Gasteiger partial charge >= 0.3 is 0 Å². The van der Waals surface area contributed by atoms with Gasteiger partial charge in [0, 0.05) is 20.3 Å². The van der Waals surface area contributed by atoms with E-state index in [-0.39, 0.29) is 6.04 Å². The van der Waals surface area contributed by atoms with Crippen molar-refractivity contribution in [2.75, 3.05) is 0 Å². The molecular formula is C14H11F2NS2. The highest BCUT2D eigenvalue weighted by Gasteiger charge is 2.14. The summed E-state index contributed by atoms with van der Waals surface area (Å²) in [6.07, 6.45) is 0.303. The number of nitrogens with two attached hydrogens (primary N) is 1. The maximum Gasteiger partial charge on any atom is 0.126 e. The fourth-order valence-electron chi connectivity index (χ4n) is 2.00. The van der Waals surface area contributed by atoms with Crippen LogP contribution in [0.3, 0.4) is 0 Å². The molecule has 0 fully saturated rings. The monoisotopic (exact) mass is 295 g/mol. The molecule has 1 aromatic carbocycles. The molecule has 0 saturated carbocycles. The van der Waals surface area contributed by atoms with Crippen molar-refractivity contribution in [2.24, 2.45) is 5.73 Å². The molecule has 1 atom stereocenters. The molecule has 0 aliphatic carbocycles. The molecular weight excluding hydrogens is 284 g/mol. The van der Waals surface area contributed by atoms with Gasteiger partial charge in [-0.3, -0.25) is 0 Å². The third-order valence-corrected chi connectivity index (χ3v) is 5.20. The number of rotatable bonds is 3. The van der Waals surface area contributed by atoms with E-state index < -0.39 is 11.6 Å². The van der Waals surface area contributed by atoms with E-state index in [0.29, 0.717) is 12.0 Å². The first-order chi connectivity index (χ1) is 9.13. The van der Waals surface area contributed by atoms with Gasteiger partial charge < -0.3 is 5.73 Å². The second kappa shape index (κ2) is 5.00. The third kappa shape index (κ3) is 2.54. The Labute approximate surface area is 117 Å². The first-order valence-electron chi connectivity index (χ1n) is 5.80. The molecule has 0 spiro atoms. The normalized spacial score (nSPS) is 13.0. The van der Waals surface area contributed by atoms with Gasteiger partial charge in [-0.2, -0.15) is 0 Å². The molecule has 3 aromatic rings. The van der Waals surface area contributed by atoms with Gasteiger partial charge in [-0.05, 0) is 47.7 Å². The predicted molar refractivity (Wildman–Crippen MR) is 76.7 cm³/mol. The number of hydrogen-bond donors (Lipinski definition) is 1. The largest absolute Gasteiger partial charge is 0.323 e. The van der Waals surface area contributed by atoms with Crippen molar-refractivity contribution in [2.45, 2.75) is 12.5 Å². The topological polar surface area (TPSA) is 26.0 Å². The summed E-state index contributed by atoms with van der Waals surface area (Å²) in [5, 5.41) is 2.03. The van der Waals surface area contributed by atoms with E-state index in [9.17, 15) is 8.78 Å². The van der Waals surface area contributed by atoms with Gasteiger partial charge in [0.05, 0.1) is 0 Å². The van der Waals surface area contributed by atoms with Crippen LogP contribution < -0.4 is 5.73 Å². The second-order valence-corrected chi connectivity index (χ2v) is 6.41. The second-order valence-electron chi connectivity index (χ2n) is 4.34. The fourth-order valence-corrected chi connectivity index (χ4v) is 4.13. The Morgan fingerprint density at radius 3 is 2.74 bits per heavy atom. The molecule has 2 N–H and O–H groups in total. The number of halogens is 2. The van der Waals surface area contributed by atoms with E-state index in [2.05, 4.69) is 0 Å². The SMILES string of the molecule is NC(Cc1cc(F)ccc1F)c1cc2sccc2s1. The standard InChI is InChI=1S/C14H11F2NS2/c15-9-1-2-10(16)8(5-9)6-11(17)13-7-14-12(19-13)3-4-18-14/h1-5,7,11H,6,17H2. The number of fused-ring (bicyclic) bond motifs is 1. The lowest BCUT2D eigenvalue weighted by atomic mass is 10.0. The molecule has 19 heavy (non-hydrogen) atoms. The lowest BCUT2D eigenvalue weighted by Gasteiger charge is -2.10. The van der Waals surface area contributed by atoms with E-state index in [1.807, 2.05) is 17.5 Å². The predicted octanol–water partition coefficient (Wildman–Crippen LogP) is 4.48. The minimum Gasteiger partial charge on any atom is -0.323 e. The van der Waals surface area contributed by atoms with Gasteiger partial charge in [0.2, 0.25) is 0 Å². The highest BCUT2D eigenvalue weighted by atomic mass is 32.1. The Bertz CT molecular complexity index is 689. The van der Waals surface area contributed by atoms with Crippen LogP contribution in [0.1, 0.15) is 16.5 Å². The summed E-state index contributed by atoms with van der Waals surface area (Å²) in [7, 11) is 0. The molecule has 0 aliphatic heterocycles. The van der Waals surface area contributed by atoms with Crippen molar-refractivity contribution < 1.29 is 8.78 Å². The van der Waals surface area contributed by atoms with Crippen LogP contribution in [0.4, 0.5) is 8.78 Å². The van der Waals surface area contributed by atoms with Gasteiger partial charge in [0.25, 0.3) is 0 Å². The summed E-state index contributed by atoms with van der Waals surface area (Å²) in [6.45, 7) is 0. The highest BCUT2D eigenvalue weighted by molar-refractivity contribution is 7.26. The fraction of sp³-hybridized carbons (Fsp3) is 0.143. The molecule has 3 rings (SSSR count). The smallest absolute Gasteiger partial charge is 0.126 e. The molecule has 2 aromatic heterocycles. The maximum absolute atomic E-state index is 13.6. The summed E-state index contributed by atoms with van der Waals surface area (Å²) in [6, 6.07) is 7.25. The highest BCUT2D eigenvalue weighted by Crippen LogP contribution is 2.33. The van der Waals surface area contributed by atoms with Crippen molar-refractivity contribution in [1.29, 1.82) is 0 Å². The van der Waals surface area contributed by atoms with Crippen molar-refractivity contribution in [3.8, 4) is 0 Å². The lowest BCUT2D eigenvalue weighted by Crippen LogP contribution is -2.12. The Morgan fingerprint density at radius 1 is 1.11 bits per heavy atom. The van der Waals surface area contributed by atoms with E-state index in [4.69, 9.17) is 5.73 Å². The molecule has 2 heterocycles. The van der Waals surface area contributed by atoms with Crippen molar-refractivity contribution >= 4 is 32.1 Å². The van der Waals surface area contributed by atoms with Gasteiger partial charge in [-0.15, -0.1) is 22.7 Å². The summed E-state index contributed by atoms with van der Waals surface area (Å²) in [4.78, 5) is 1.01. The van der Waals surface area contributed by atoms with E-state index in [1.165, 1.54) is 15.5 Å². The Morgan fingerprint density at radius 2 is 1.95 bits per heavy atom. The Kier molecular flexibility index (Phi) is 3.35. The molecule has 5 heteroatoms. The molecule has 0 aliphatic rings. The zero-order valence-electron chi connectivity index (χ0n) is 9.90. The molecule has 0 bridgehead atoms. The zero-order valence-corrected chi connectivity index (χ0v) is 11.5. The molecule has 0 saturated heterocycles. The average molecular weight is 295 g/mol. The molecule has 1 unspecified atom stereocenters. The number of thiophene rings is 2. The van der Waals surface area contributed by atoms with Crippen LogP contribution in [0.2, 0.25) is 0 Å². The van der Waals surface area contributed by atoms with Crippen LogP contribution in [0.15, 0.2) is 35.7 Å². The van der Waals surface area contributed by atoms with Crippen LogP contribution in [0, 0.1) is 11.6 Å². The zero-order chi connectivity index (χ0) is 13.4. The van der Waals surface area contributed by atoms with Gasteiger partial charge in [-0.1, -0.05) is 0 Å². The summed E-state index contributed by atoms with van der Waals surface area (Å²) in [5.41, 5.74) is 6.42. The van der Waals surface area contributed by atoms with E-state index in [1.54, 1.807) is 22.7 Å². The third-order valence-electron chi connectivity index (χ3n) is 2.97. The van der Waals surface area contributed by atoms with Crippen LogP contribution in [-0.4, -0.2) is 0 Å². The van der Waals surface area contributed by atoms with Crippen LogP contribution >= 0.6 is 22.7 Å². The van der Waals surface area contributed by atoms with Crippen LogP contribution in [0.25, 0.3) is 9.40 Å². The minimum absolute atomic E-state index is 0.303. The average Bonchev–Trinajstić information content (AvgIpc) is 2.94. The van der Waals surface area contributed by atoms with Crippen molar-refractivity contribution in [3.05, 3.63) is 57.8 Å². The molecule has 0 amide bonds. The number of benzene rings is 1. The van der Waals surface area contributed by atoms with E-state index >= 15 is 0 Å². The number of hydrogen-bond acceptors (Lipinski definition) is 3. The summed E-state index contributed by atoms with van der Waals surface area (Å²) < 4.78 is 29.1. The van der Waals surface area contributed by atoms with Crippen LogP contribution in [0.5, 0.6) is 0 Å². The molecule has 98 valence electrons. The van der Waals surface area contributed by atoms with Gasteiger partial charge in [0.1, 0.15) is 11.6 Å². The quantitative estimate of drug-likeness (QED) is 0.757. The molecule has 1 nitrogen and oxygen atoms in total. The lowest BCUT2D eigenvalue weighted by molar-refractivity contribution is 0.574. The minimum atomic E-state index is -0.434. The Balaban J connectivity index is 1.86. The van der Waals surface area contributed by atoms with Crippen LogP contribution in [-0.2, 0) is 6.42 Å². The van der Waals surface area contributed by atoms with E-state index in [0.717, 1.165) is 17.0 Å². The Hall–Kier alpha value is -1.30. The summed E-state index contributed by atoms with van der Waals surface area (Å²) >= 11 is 3.27. The first-order valence-corrected chi connectivity index (χ1v) is 7.49. The van der Waals surface area contributed by atoms with Gasteiger partial charge in [0.15, 0.2) is 0 Å². The van der Waals surface area contributed by atoms with Crippen molar-refractivity contribution in [3.63, 3.8) is 0 Å². The van der Waals surface area contributed by atoms with Crippen molar-refractivity contribution in [1.82, 2.24) is 0 Å². The summed E-state index contributed by atoms with van der Waals surface area (Å²) in [5.74, 6) is -0.842. The maximum atomic E-state index is 13.6. The van der Waals surface area contributed by atoms with Gasteiger partial charge in [-0.25, -0.2) is 8.78 Å². The first kappa shape index (κ1) is 12.7.